The first-order valence-electron chi connectivity index (χ1n) is 7.20. The van der Waals surface area contributed by atoms with Crippen LogP contribution in [0.2, 0.25) is 0 Å². The van der Waals surface area contributed by atoms with Crippen LogP contribution in [-0.4, -0.2) is 32.5 Å². The van der Waals surface area contributed by atoms with Crippen molar-refractivity contribution >= 4 is 34.6 Å². The lowest BCUT2D eigenvalue weighted by Crippen LogP contribution is -2.33. The maximum Gasteiger partial charge on any atom is 0.335 e. The minimum atomic E-state index is -1.02. The number of thioether (sulfide) groups is 1. The molecule has 6 nitrogen and oxygen atoms in total. The highest BCUT2D eigenvalue weighted by molar-refractivity contribution is 8.15. The van der Waals surface area contributed by atoms with Gasteiger partial charge in [0.1, 0.15) is 0 Å². The van der Waals surface area contributed by atoms with Crippen molar-refractivity contribution in [3.63, 3.8) is 0 Å². The molecule has 0 aliphatic carbocycles. The van der Waals surface area contributed by atoms with Crippen LogP contribution >= 0.6 is 11.8 Å². The van der Waals surface area contributed by atoms with E-state index in [0.29, 0.717) is 5.69 Å². The number of anilines is 1. The fourth-order valence-electron chi connectivity index (χ4n) is 2.31. The summed E-state index contributed by atoms with van der Waals surface area (Å²) in [6.45, 7) is 0.238. The predicted molar refractivity (Wildman–Crippen MR) is 90.8 cm³/mol. The van der Waals surface area contributed by atoms with Crippen LogP contribution in [0.15, 0.2) is 54.6 Å². The highest BCUT2D eigenvalue weighted by Crippen LogP contribution is 2.29. The Balaban J connectivity index is 1.68. The summed E-state index contributed by atoms with van der Waals surface area (Å²) in [5.41, 5.74) is 1.62. The number of benzene rings is 2. The molecule has 1 aliphatic rings. The first-order chi connectivity index (χ1) is 11.5. The molecule has 1 saturated heterocycles. The van der Waals surface area contributed by atoms with Crippen LogP contribution < -0.4 is 5.32 Å². The number of imide groups is 1. The van der Waals surface area contributed by atoms with Gasteiger partial charge in [-0.3, -0.25) is 14.5 Å². The Labute approximate surface area is 142 Å². The van der Waals surface area contributed by atoms with Crippen molar-refractivity contribution in [3.05, 3.63) is 65.7 Å². The second kappa shape index (κ2) is 6.76. The lowest BCUT2D eigenvalue weighted by atomic mass is 10.2. The van der Waals surface area contributed by atoms with E-state index < -0.39 is 11.3 Å². The average Bonchev–Trinajstić information content (AvgIpc) is 2.84. The van der Waals surface area contributed by atoms with Gasteiger partial charge in [-0.1, -0.05) is 30.3 Å². The molecule has 24 heavy (non-hydrogen) atoms. The van der Waals surface area contributed by atoms with Crippen LogP contribution in [0.3, 0.4) is 0 Å². The van der Waals surface area contributed by atoms with Gasteiger partial charge in [0.25, 0.3) is 11.1 Å². The molecule has 122 valence electrons. The fraction of sp³-hybridized carbons (Fsp3) is 0.118. The quantitative estimate of drug-likeness (QED) is 0.868. The summed E-state index contributed by atoms with van der Waals surface area (Å²) < 4.78 is 0. The number of hydrogen-bond acceptors (Lipinski definition) is 5. The number of nitrogens with one attached hydrogen (secondary N) is 1. The van der Waals surface area contributed by atoms with Crippen molar-refractivity contribution in [1.82, 2.24) is 4.90 Å². The molecule has 0 radical (unpaired) electrons. The third-order valence-corrected chi connectivity index (χ3v) is 4.52. The Hall–Kier alpha value is -2.80. The molecular formula is C17H14N2O4S. The van der Waals surface area contributed by atoms with Gasteiger partial charge in [0, 0.05) is 5.69 Å². The molecule has 1 unspecified atom stereocenters. The zero-order valence-electron chi connectivity index (χ0n) is 12.5. The van der Waals surface area contributed by atoms with Gasteiger partial charge in [-0.25, -0.2) is 4.79 Å². The van der Waals surface area contributed by atoms with Gasteiger partial charge in [-0.2, -0.15) is 0 Å². The monoisotopic (exact) mass is 342 g/mol. The molecule has 2 amide bonds. The number of carbonyl (C=O) groups is 3. The standard InChI is InChI=1S/C17H14N2O4S/c20-15-14(18-13-8-6-12(7-9-13)16(21)22)24-17(23)19(15)10-11-4-2-1-3-5-11/h1-9,14,18H,10H2,(H,21,22). The summed E-state index contributed by atoms with van der Waals surface area (Å²) >= 11 is 0.916. The molecule has 0 aromatic heterocycles. The van der Waals surface area contributed by atoms with Crippen molar-refractivity contribution in [2.24, 2.45) is 0 Å². The van der Waals surface area contributed by atoms with E-state index in [-0.39, 0.29) is 23.3 Å². The van der Waals surface area contributed by atoms with E-state index in [4.69, 9.17) is 5.11 Å². The Bertz CT molecular complexity index is 777. The first kappa shape index (κ1) is 16.1. The number of nitrogens with zero attached hydrogens (tertiary/aromatic N) is 1. The van der Waals surface area contributed by atoms with E-state index in [1.54, 1.807) is 12.1 Å². The Morgan fingerprint density at radius 1 is 1.08 bits per heavy atom. The minimum absolute atomic E-state index is 0.160. The summed E-state index contributed by atoms with van der Waals surface area (Å²) in [5.74, 6) is -1.33. The molecule has 1 aliphatic heterocycles. The summed E-state index contributed by atoms with van der Waals surface area (Å²) in [6, 6.07) is 15.3. The van der Waals surface area contributed by atoms with E-state index >= 15 is 0 Å². The largest absolute Gasteiger partial charge is 0.478 e. The van der Waals surface area contributed by atoms with E-state index in [0.717, 1.165) is 17.3 Å². The van der Waals surface area contributed by atoms with Crippen molar-refractivity contribution in [3.8, 4) is 0 Å². The maximum atomic E-state index is 12.4. The van der Waals surface area contributed by atoms with Gasteiger partial charge >= 0.3 is 5.97 Å². The molecule has 0 spiro atoms. The molecular weight excluding hydrogens is 328 g/mol. The highest BCUT2D eigenvalue weighted by atomic mass is 32.2. The fourth-order valence-corrected chi connectivity index (χ4v) is 3.21. The van der Waals surface area contributed by atoms with Gasteiger partial charge in [0.15, 0.2) is 5.37 Å². The molecule has 0 saturated carbocycles. The van der Waals surface area contributed by atoms with Crippen LogP contribution in [0.25, 0.3) is 0 Å². The summed E-state index contributed by atoms with van der Waals surface area (Å²) in [6.07, 6.45) is 0. The lowest BCUT2D eigenvalue weighted by molar-refractivity contribution is -0.126. The van der Waals surface area contributed by atoms with Crippen LogP contribution in [0, 0.1) is 0 Å². The van der Waals surface area contributed by atoms with E-state index in [1.165, 1.54) is 17.0 Å². The molecule has 1 fully saturated rings. The third-order valence-electron chi connectivity index (χ3n) is 3.54. The maximum absolute atomic E-state index is 12.4. The van der Waals surface area contributed by atoms with E-state index in [9.17, 15) is 14.4 Å². The molecule has 7 heteroatoms. The molecule has 1 atom stereocenters. The Kier molecular flexibility index (Phi) is 4.52. The SMILES string of the molecule is O=C(O)c1ccc(NC2SC(=O)N(Cc3ccccc3)C2=O)cc1. The number of carboxylic acid groups (broad SMARTS) is 1. The van der Waals surface area contributed by atoms with Crippen LogP contribution in [-0.2, 0) is 11.3 Å². The van der Waals surface area contributed by atoms with Gasteiger partial charge in [0.05, 0.1) is 12.1 Å². The summed E-state index contributed by atoms with van der Waals surface area (Å²) in [4.78, 5) is 36.6. The third kappa shape index (κ3) is 3.41. The van der Waals surface area contributed by atoms with Crippen LogP contribution in [0.1, 0.15) is 15.9 Å². The minimum Gasteiger partial charge on any atom is -0.478 e. The van der Waals surface area contributed by atoms with Crippen molar-refractivity contribution in [2.45, 2.75) is 11.9 Å². The lowest BCUT2D eigenvalue weighted by Gasteiger charge is -2.15. The number of carboxylic acids is 1. The van der Waals surface area contributed by atoms with Gasteiger partial charge in [-0.15, -0.1) is 0 Å². The second-order valence-corrected chi connectivity index (χ2v) is 6.26. The Morgan fingerprint density at radius 3 is 2.38 bits per heavy atom. The summed E-state index contributed by atoms with van der Waals surface area (Å²) in [5, 5.41) is 10.8. The number of amides is 2. The predicted octanol–water partition coefficient (Wildman–Crippen LogP) is 3.02. The number of aromatic carboxylic acids is 1. The number of hydrogen-bond donors (Lipinski definition) is 2. The summed E-state index contributed by atoms with van der Waals surface area (Å²) in [7, 11) is 0. The van der Waals surface area contributed by atoms with Crippen molar-refractivity contribution in [2.75, 3.05) is 5.32 Å². The molecule has 0 bridgehead atoms. The second-order valence-electron chi connectivity index (χ2n) is 5.20. The number of rotatable bonds is 5. The van der Waals surface area contributed by atoms with Gasteiger partial charge in [0.2, 0.25) is 0 Å². The number of carbonyl (C=O) groups excluding carboxylic acids is 2. The molecule has 1 heterocycles. The highest BCUT2D eigenvalue weighted by Gasteiger charge is 2.39. The van der Waals surface area contributed by atoms with Crippen LogP contribution in [0.4, 0.5) is 10.5 Å². The zero-order valence-corrected chi connectivity index (χ0v) is 13.3. The van der Waals surface area contributed by atoms with Crippen molar-refractivity contribution < 1.29 is 19.5 Å². The van der Waals surface area contributed by atoms with Crippen molar-refractivity contribution in [1.29, 1.82) is 0 Å². The van der Waals surface area contributed by atoms with Crippen LogP contribution in [0.5, 0.6) is 0 Å². The molecule has 2 aromatic rings. The molecule has 3 rings (SSSR count). The Morgan fingerprint density at radius 2 is 1.75 bits per heavy atom. The van der Waals surface area contributed by atoms with E-state index in [1.807, 2.05) is 30.3 Å². The first-order valence-corrected chi connectivity index (χ1v) is 8.08. The topological polar surface area (TPSA) is 86.7 Å². The van der Waals surface area contributed by atoms with Gasteiger partial charge in [-0.05, 0) is 41.6 Å². The van der Waals surface area contributed by atoms with Gasteiger partial charge < -0.3 is 10.4 Å². The molecule has 2 aromatic carbocycles. The smallest absolute Gasteiger partial charge is 0.335 e. The normalized spacial score (nSPS) is 17.2. The molecule has 2 N–H and O–H groups in total. The zero-order chi connectivity index (χ0) is 17.1. The van der Waals surface area contributed by atoms with E-state index in [2.05, 4.69) is 5.32 Å². The average molecular weight is 342 g/mol.